The molecule has 2 unspecified atom stereocenters. The van der Waals surface area contributed by atoms with E-state index in [9.17, 15) is 0 Å². The molecule has 0 aliphatic carbocycles. The minimum atomic E-state index is 0.564. The zero-order valence-electron chi connectivity index (χ0n) is 8.87. The van der Waals surface area contributed by atoms with Gasteiger partial charge in [-0.2, -0.15) is 0 Å². The maximum Gasteiger partial charge on any atom is 0.0512 e. The number of rotatable bonds is 1. The molecule has 0 aromatic carbocycles. The first-order valence-corrected chi connectivity index (χ1v) is 6.70. The molecule has 3 heterocycles. The smallest absolute Gasteiger partial charge is 0.0512 e. The van der Waals surface area contributed by atoms with Crippen molar-refractivity contribution in [2.45, 2.75) is 25.3 Å². The summed E-state index contributed by atoms with van der Waals surface area (Å²) >= 11 is 1.91. The summed E-state index contributed by atoms with van der Waals surface area (Å²) in [4.78, 5) is 1.57. The van der Waals surface area contributed by atoms with Crippen LogP contribution in [0.1, 0.15) is 29.3 Å². The van der Waals surface area contributed by atoms with Gasteiger partial charge in [0.2, 0.25) is 0 Å². The van der Waals surface area contributed by atoms with Crippen molar-refractivity contribution in [2.75, 3.05) is 19.8 Å². The van der Waals surface area contributed by atoms with Gasteiger partial charge in [-0.25, -0.2) is 0 Å². The number of fused-ring (bicyclic) bond motifs is 1. The first kappa shape index (κ1) is 9.82. The van der Waals surface area contributed by atoms with E-state index in [1.165, 1.54) is 19.3 Å². The quantitative estimate of drug-likeness (QED) is 0.789. The minimum absolute atomic E-state index is 0.564. The highest BCUT2D eigenvalue weighted by Gasteiger charge is 2.29. The van der Waals surface area contributed by atoms with Crippen LogP contribution in [-0.4, -0.2) is 19.8 Å². The van der Waals surface area contributed by atoms with E-state index < -0.39 is 0 Å². The molecule has 3 rings (SSSR count). The molecule has 0 saturated carbocycles. The highest BCUT2D eigenvalue weighted by Crippen LogP contribution is 2.36. The maximum atomic E-state index is 5.59. The summed E-state index contributed by atoms with van der Waals surface area (Å²) in [6.07, 6.45) is 3.74. The Hall–Kier alpha value is -0.380. The van der Waals surface area contributed by atoms with E-state index in [0.717, 1.165) is 19.8 Å². The number of hydrogen-bond acceptors (Lipinski definition) is 3. The van der Waals surface area contributed by atoms with Crippen molar-refractivity contribution in [3.63, 3.8) is 0 Å². The molecule has 0 amide bonds. The predicted molar refractivity (Wildman–Crippen MR) is 62.3 cm³/mol. The van der Waals surface area contributed by atoms with Gasteiger partial charge in [0.1, 0.15) is 0 Å². The lowest BCUT2D eigenvalue weighted by Gasteiger charge is -2.33. The third-order valence-corrected chi connectivity index (χ3v) is 4.53. The zero-order valence-corrected chi connectivity index (χ0v) is 9.69. The van der Waals surface area contributed by atoms with Gasteiger partial charge in [0.15, 0.2) is 0 Å². The van der Waals surface area contributed by atoms with Gasteiger partial charge in [0.05, 0.1) is 6.61 Å². The molecule has 1 N–H and O–H groups in total. The summed E-state index contributed by atoms with van der Waals surface area (Å²) in [7, 11) is 0. The van der Waals surface area contributed by atoms with Gasteiger partial charge < -0.3 is 10.1 Å². The van der Waals surface area contributed by atoms with Crippen molar-refractivity contribution in [2.24, 2.45) is 5.92 Å². The van der Waals surface area contributed by atoms with Crippen LogP contribution in [0.25, 0.3) is 0 Å². The normalized spacial score (nSPS) is 31.2. The minimum Gasteiger partial charge on any atom is -0.381 e. The Labute approximate surface area is 94.6 Å². The first-order valence-electron chi connectivity index (χ1n) is 5.82. The van der Waals surface area contributed by atoms with Crippen molar-refractivity contribution < 1.29 is 4.74 Å². The van der Waals surface area contributed by atoms with Gasteiger partial charge in [0.25, 0.3) is 0 Å². The summed E-state index contributed by atoms with van der Waals surface area (Å²) in [6.45, 7) is 3.03. The fraction of sp³-hybridized carbons (Fsp3) is 0.667. The molecule has 3 heteroatoms. The van der Waals surface area contributed by atoms with Crippen LogP contribution in [0.2, 0.25) is 0 Å². The molecule has 15 heavy (non-hydrogen) atoms. The molecule has 2 nitrogen and oxygen atoms in total. The Bertz CT molecular complexity index is 330. The SMILES string of the molecule is c1cc2c(s1)C(C1CCCOC1)NCC2. The van der Waals surface area contributed by atoms with Crippen molar-refractivity contribution in [3.05, 3.63) is 21.9 Å². The van der Waals surface area contributed by atoms with Crippen LogP contribution in [0.4, 0.5) is 0 Å². The fourth-order valence-electron chi connectivity index (χ4n) is 2.69. The topological polar surface area (TPSA) is 21.3 Å². The van der Waals surface area contributed by atoms with Crippen LogP contribution in [0.3, 0.4) is 0 Å². The van der Waals surface area contributed by atoms with E-state index in [4.69, 9.17) is 4.74 Å². The Morgan fingerprint density at radius 3 is 3.33 bits per heavy atom. The second-order valence-corrected chi connectivity index (χ2v) is 5.42. The summed E-state index contributed by atoms with van der Waals surface area (Å²) < 4.78 is 5.59. The molecular weight excluding hydrogens is 206 g/mol. The molecule has 0 bridgehead atoms. The molecule has 2 atom stereocenters. The van der Waals surface area contributed by atoms with Crippen LogP contribution in [-0.2, 0) is 11.2 Å². The third kappa shape index (κ3) is 1.84. The standard InChI is InChI=1S/C12H17NOS/c1-2-10(8-14-6-1)11-12-9(3-5-13-11)4-7-15-12/h4,7,10-11,13H,1-3,5-6,8H2. The Balaban J connectivity index is 1.82. The van der Waals surface area contributed by atoms with Crippen LogP contribution in [0.15, 0.2) is 11.4 Å². The first-order chi connectivity index (χ1) is 7.45. The lowest BCUT2D eigenvalue weighted by molar-refractivity contribution is 0.0386. The Kier molecular flexibility index (Phi) is 2.77. The van der Waals surface area contributed by atoms with Gasteiger partial charge >= 0.3 is 0 Å². The average molecular weight is 223 g/mol. The molecule has 2 aliphatic rings. The Morgan fingerprint density at radius 1 is 1.47 bits per heavy atom. The van der Waals surface area contributed by atoms with Crippen molar-refractivity contribution in [1.29, 1.82) is 0 Å². The highest BCUT2D eigenvalue weighted by atomic mass is 32.1. The number of thiophene rings is 1. The van der Waals surface area contributed by atoms with E-state index in [1.807, 2.05) is 11.3 Å². The van der Waals surface area contributed by atoms with E-state index in [-0.39, 0.29) is 0 Å². The van der Waals surface area contributed by atoms with Gasteiger partial charge in [-0.1, -0.05) is 0 Å². The van der Waals surface area contributed by atoms with Gasteiger partial charge in [-0.05, 0) is 42.8 Å². The molecule has 2 aliphatic heterocycles. The van der Waals surface area contributed by atoms with E-state index in [1.54, 1.807) is 10.4 Å². The summed E-state index contributed by atoms with van der Waals surface area (Å²) in [5.74, 6) is 0.691. The van der Waals surface area contributed by atoms with Crippen molar-refractivity contribution in [3.8, 4) is 0 Å². The van der Waals surface area contributed by atoms with E-state index >= 15 is 0 Å². The predicted octanol–water partition coefficient (Wildman–Crippen LogP) is 2.36. The number of hydrogen-bond donors (Lipinski definition) is 1. The number of nitrogens with one attached hydrogen (secondary N) is 1. The molecule has 1 aromatic heterocycles. The lowest BCUT2D eigenvalue weighted by Crippen LogP contribution is -2.37. The average Bonchev–Trinajstić information content (AvgIpc) is 2.78. The maximum absolute atomic E-state index is 5.59. The third-order valence-electron chi connectivity index (χ3n) is 3.49. The molecule has 1 aromatic rings. The largest absolute Gasteiger partial charge is 0.381 e. The molecule has 0 radical (unpaired) electrons. The highest BCUT2D eigenvalue weighted by molar-refractivity contribution is 7.10. The van der Waals surface area contributed by atoms with Crippen molar-refractivity contribution in [1.82, 2.24) is 5.32 Å². The lowest BCUT2D eigenvalue weighted by atomic mass is 9.89. The van der Waals surface area contributed by atoms with Gasteiger partial charge in [-0.3, -0.25) is 0 Å². The van der Waals surface area contributed by atoms with Gasteiger partial charge in [0, 0.05) is 23.4 Å². The van der Waals surface area contributed by atoms with E-state index in [0.29, 0.717) is 12.0 Å². The van der Waals surface area contributed by atoms with E-state index in [2.05, 4.69) is 16.8 Å². The second-order valence-electron chi connectivity index (χ2n) is 4.47. The molecular formula is C12H17NOS. The van der Waals surface area contributed by atoms with Gasteiger partial charge in [-0.15, -0.1) is 11.3 Å². The zero-order chi connectivity index (χ0) is 10.1. The van der Waals surface area contributed by atoms with Crippen LogP contribution >= 0.6 is 11.3 Å². The molecule has 1 saturated heterocycles. The fourth-order valence-corrected chi connectivity index (χ4v) is 3.81. The second kappa shape index (κ2) is 4.24. The monoisotopic (exact) mass is 223 g/mol. The van der Waals surface area contributed by atoms with Crippen LogP contribution < -0.4 is 5.32 Å². The molecule has 0 spiro atoms. The number of ether oxygens (including phenoxy) is 1. The summed E-state index contributed by atoms with van der Waals surface area (Å²) in [5, 5.41) is 5.89. The Morgan fingerprint density at radius 2 is 2.47 bits per heavy atom. The van der Waals surface area contributed by atoms with Crippen molar-refractivity contribution >= 4 is 11.3 Å². The summed E-state index contributed by atoms with van der Waals surface area (Å²) in [5.41, 5.74) is 1.56. The van der Waals surface area contributed by atoms with Crippen LogP contribution in [0, 0.1) is 5.92 Å². The molecule has 1 fully saturated rings. The summed E-state index contributed by atoms with van der Waals surface area (Å²) in [6, 6.07) is 2.85. The molecule has 82 valence electrons. The van der Waals surface area contributed by atoms with Crippen LogP contribution in [0.5, 0.6) is 0 Å².